The number of carboxylic acid groups (broad SMARTS) is 1. The Morgan fingerprint density at radius 2 is 2.05 bits per heavy atom. The lowest BCUT2D eigenvalue weighted by molar-refractivity contribution is -0.384. The summed E-state index contributed by atoms with van der Waals surface area (Å²) in [6.45, 7) is 1.54. The third-order valence-electron chi connectivity index (χ3n) is 2.69. The number of carboxylic acids is 1. The van der Waals surface area contributed by atoms with Crippen molar-refractivity contribution in [2.45, 2.75) is 19.4 Å². The largest absolute Gasteiger partial charge is 0.480 e. The molecular weight excluding hydrogens is 282 g/mol. The second-order valence-corrected chi connectivity index (χ2v) is 4.29. The Kier molecular flexibility index (Phi) is 4.95. The lowest BCUT2D eigenvalue weighted by Crippen LogP contribution is -2.43. The fourth-order valence-corrected chi connectivity index (χ4v) is 1.61. The van der Waals surface area contributed by atoms with Crippen LogP contribution in [0.1, 0.15) is 22.3 Å². The summed E-state index contributed by atoms with van der Waals surface area (Å²) in [6.07, 6.45) is -0.574. The van der Waals surface area contributed by atoms with E-state index < -0.39 is 35.2 Å². The fraction of sp³-hybridized carbons (Fsp3) is 0.250. The Balaban J connectivity index is 3.02. The molecule has 21 heavy (non-hydrogen) atoms. The molecule has 0 aliphatic heterocycles. The molecule has 0 saturated heterocycles. The molecule has 9 heteroatoms. The number of rotatable bonds is 6. The maximum atomic E-state index is 12.0. The molecule has 0 aliphatic carbocycles. The molecule has 1 aromatic carbocycles. The van der Waals surface area contributed by atoms with E-state index in [0.717, 1.165) is 6.07 Å². The van der Waals surface area contributed by atoms with E-state index in [1.54, 1.807) is 6.92 Å². The van der Waals surface area contributed by atoms with Crippen LogP contribution in [0.3, 0.4) is 0 Å². The number of carbonyl (C=O) groups is 3. The quantitative estimate of drug-likeness (QED) is 0.494. The lowest BCUT2D eigenvalue weighted by Gasteiger charge is -2.13. The summed E-state index contributed by atoms with van der Waals surface area (Å²) in [5.74, 6) is -3.14. The van der Waals surface area contributed by atoms with Gasteiger partial charge in [0.1, 0.15) is 6.04 Å². The van der Waals surface area contributed by atoms with E-state index >= 15 is 0 Å². The van der Waals surface area contributed by atoms with Crippen molar-refractivity contribution in [1.29, 1.82) is 0 Å². The minimum Gasteiger partial charge on any atom is -0.480 e. The number of nitrogens with one attached hydrogen (secondary N) is 1. The van der Waals surface area contributed by atoms with Crippen molar-refractivity contribution in [3.05, 3.63) is 39.4 Å². The van der Waals surface area contributed by atoms with Crippen LogP contribution in [-0.4, -0.2) is 33.9 Å². The summed E-state index contributed by atoms with van der Waals surface area (Å²) in [7, 11) is 0. The number of primary amides is 1. The van der Waals surface area contributed by atoms with E-state index in [4.69, 9.17) is 10.8 Å². The highest BCUT2D eigenvalue weighted by Gasteiger charge is 2.24. The number of hydrogen-bond donors (Lipinski definition) is 3. The Morgan fingerprint density at radius 1 is 1.43 bits per heavy atom. The molecule has 0 aromatic heterocycles. The average molecular weight is 295 g/mol. The van der Waals surface area contributed by atoms with E-state index in [1.165, 1.54) is 12.1 Å². The molecule has 0 bridgehead atoms. The summed E-state index contributed by atoms with van der Waals surface area (Å²) in [5, 5.41) is 21.7. The Labute approximate surface area is 118 Å². The fourth-order valence-electron chi connectivity index (χ4n) is 1.61. The highest BCUT2D eigenvalue weighted by atomic mass is 16.6. The number of aliphatic carboxylic acids is 1. The molecule has 4 N–H and O–H groups in total. The van der Waals surface area contributed by atoms with Crippen LogP contribution in [0, 0.1) is 17.0 Å². The molecule has 0 fully saturated rings. The van der Waals surface area contributed by atoms with Gasteiger partial charge in [0.15, 0.2) is 0 Å². The van der Waals surface area contributed by atoms with Crippen LogP contribution < -0.4 is 11.1 Å². The van der Waals surface area contributed by atoms with Gasteiger partial charge in [-0.1, -0.05) is 6.07 Å². The van der Waals surface area contributed by atoms with Crippen molar-refractivity contribution in [2.24, 2.45) is 5.73 Å². The molecule has 0 heterocycles. The predicted octanol–water partition coefficient (Wildman–Crippen LogP) is -0.0384. The van der Waals surface area contributed by atoms with Crippen LogP contribution in [-0.2, 0) is 9.59 Å². The zero-order valence-corrected chi connectivity index (χ0v) is 11.0. The zero-order chi connectivity index (χ0) is 16.2. The van der Waals surface area contributed by atoms with E-state index in [-0.39, 0.29) is 11.3 Å². The number of nitrogens with two attached hydrogens (primary N) is 1. The molecule has 1 aromatic rings. The number of amides is 2. The molecule has 112 valence electrons. The summed E-state index contributed by atoms with van der Waals surface area (Å²) in [6, 6.07) is 2.14. The van der Waals surface area contributed by atoms with Crippen molar-refractivity contribution in [3.63, 3.8) is 0 Å². The zero-order valence-electron chi connectivity index (χ0n) is 11.0. The van der Waals surface area contributed by atoms with Gasteiger partial charge < -0.3 is 16.2 Å². The number of hydrogen-bond acceptors (Lipinski definition) is 5. The van der Waals surface area contributed by atoms with Crippen molar-refractivity contribution < 1.29 is 24.4 Å². The monoisotopic (exact) mass is 295 g/mol. The molecule has 0 radical (unpaired) electrons. The maximum absolute atomic E-state index is 12.0. The molecular formula is C12H13N3O6. The van der Waals surface area contributed by atoms with E-state index in [0.29, 0.717) is 5.56 Å². The second-order valence-electron chi connectivity index (χ2n) is 4.29. The first-order valence-corrected chi connectivity index (χ1v) is 5.79. The highest BCUT2D eigenvalue weighted by Crippen LogP contribution is 2.17. The van der Waals surface area contributed by atoms with Gasteiger partial charge >= 0.3 is 5.97 Å². The third kappa shape index (κ3) is 4.27. The maximum Gasteiger partial charge on any atom is 0.326 e. The number of nitrogens with zero attached hydrogens (tertiary/aromatic N) is 1. The molecule has 0 spiro atoms. The Bertz CT molecular complexity index is 613. The molecule has 9 nitrogen and oxygen atoms in total. The van der Waals surface area contributed by atoms with Crippen LogP contribution in [0.15, 0.2) is 18.2 Å². The van der Waals surface area contributed by atoms with E-state index in [2.05, 4.69) is 5.32 Å². The molecule has 0 aliphatic rings. The summed E-state index contributed by atoms with van der Waals surface area (Å²) in [4.78, 5) is 43.7. The number of nitro benzene ring substituents is 1. The second kappa shape index (κ2) is 6.46. The average Bonchev–Trinajstić information content (AvgIpc) is 2.37. The van der Waals surface area contributed by atoms with Crippen molar-refractivity contribution in [3.8, 4) is 0 Å². The summed E-state index contributed by atoms with van der Waals surface area (Å²) < 4.78 is 0. The standard InChI is InChI=1S/C12H13N3O6/c1-6-2-3-7(15(20)21)4-8(6)11(17)14-9(12(18)19)5-10(13)16/h2-4,9H,5H2,1H3,(H2,13,16)(H,14,17)(H,18,19). The SMILES string of the molecule is Cc1ccc([N+](=O)[O-])cc1C(=O)NC(CC(N)=O)C(=O)O. The minimum atomic E-state index is -1.49. The van der Waals surface area contributed by atoms with Gasteiger partial charge in [-0.3, -0.25) is 19.7 Å². The predicted molar refractivity (Wildman–Crippen MR) is 70.5 cm³/mol. The van der Waals surface area contributed by atoms with Crippen molar-refractivity contribution in [2.75, 3.05) is 0 Å². The highest BCUT2D eigenvalue weighted by molar-refractivity contribution is 5.99. The van der Waals surface area contributed by atoms with Crippen LogP contribution >= 0.6 is 0 Å². The van der Waals surface area contributed by atoms with Gasteiger partial charge in [0.2, 0.25) is 5.91 Å². The number of aryl methyl sites for hydroxylation is 1. The Morgan fingerprint density at radius 3 is 2.52 bits per heavy atom. The molecule has 1 rings (SSSR count). The normalized spacial score (nSPS) is 11.5. The van der Waals surface area contributed by atoms with Gasteiger partial charge in [0.25, 0.3) is 11.6 Å². The van der Waals surface area contributed by atoms with Crippen molar-refractivity contribution >= 4 is 23.5 Å². The van der Waals surface area contributed by atoms with Crippen LogP contribution in [0.5, 0.6) is 0 Å². The first kappa shape index (κ1) is 16.1. The van der Waals surface area contributed by atoms with E-state index in [9.17, 15) is 24.5 Å². The first-order chi connectivity index (χ1) is 9.72. The minimum absolute atomic E-state index is 0.0417. The van der Waals surface area contributed by atoms with Crippen LogP contribution in [0.25, 0.3) is 0 Å². The first-order valence-electron chi connectivity index (χ1n) is 5.79. The smallest absolute Gasteiger partial charge is 0.326 e. The number of carbonyl (C=O) groups excluding carboxylic acids is 2. The number of benzene rings is 1. The van der Waals surface area contributed by atoms with Gasteiger partial charge in [0, 0.05) is 17.7 Å². The summed E-state index contributed by atoms with van der Waals surface area (Å²) >= 11 is 0. The molecule has 2 amide bonds. The Hall–Kier alpha value is -2.97. The number of non-ortho nitro benzene ring substituents is 1. The van der Waals surface area contributed by atoms with Gasteiger partial charge in [-0.05, 0) is 12.5 Å². The summed E-state index contributed by atoms with van der Waals surface area (Å²) in [5.41, 5.74) is 4.99. The lowest BCUT2D eigenvalue weighted by atomic mass is 10.1. The molecule has 0 saturated carbocycles. The van der Waals surface area contributed by atoms with E-state index in [1.807, 2.05) is 0 Å². The number of nitro groups is 1. The van der Waals surface area contributed by atoms with Crippen molar-refractivity contribution in [1.82, 2.24) is 5.32 Å². The van der Waals surface area contributed by atoms with Gasteiger partial charge in [0.05, 0.1) is 11.3 Å². The van der Waals surface area contributed by atoms with Gasteiger partial charge in [-0.25, -0.2) is 4.79 Å². The van der Waals surface area contributed by atoms with Gasteiger partial charge in [-0.2, -0.15) is 0 Å². The van der Waals surface area contributed by atoms with Crippen LogP contribution in [0.2, 0.25) is 0 Å². The van der Waals surface area contributed by atoms with Gasteiger partial charge in [-0.15, -0.1) is 0 Å². The van der Waals surface area contributed by atoms with Crippen LogP contribution in [0.4, 0.5) is 5.69 Å². The molecule has 1 atom stereocenters. The third-order valence-corrected chi connectivity index (χ3v) is 2.69. The topological polar surface area (TPSA) is 153 Å². The molecule has 1 unspecified atom stereocenters.